The van der Waals surface area contributed by atoms with E-state index in [-0.39, 0.29) is 5.75 Å². The summed E-state index contributed by atoms with van der Waals surface area (Å²) in [5, 5.41) is 0. The standard InChI is InChI=1S/C21H19F3OSi/c1-14-2-9-18(10-3-14)25-21(23,24)19-11-8-17(12-20(19)22)16-6-4-15(13-26)5-7-16/h2-12H,13H2,1,26H3. The number of aryl methyl sites for hydroxylation is 1. The molecule has 26 heavy (non-hydrogen) atoms. The van der Waals surface area contributed by atoms with Gasteiger partial charge < -0.3 is 4.74 Å². The number of ether oxygens (including phenoxy) is 1. The third-order valence-corrected chi connectivity index (χ3v) is 5.06. The van der Waals surface area contributed by atoms with Gasteiger partial charge >= 0.3 is 6.11 Å². The van der Waals surface area contributed by atoms with E-state index in [2.05, 4.69) is 0 Å². The first-order valence-electron chi connectivity index (χ1n) is 8.42. The number of rotatable bonds is 5. The molecule has 3 rings (SSSR count). The van der Waals surface area contributed by atoms with Crippen molar-refractivity contribution in [2.24, 2.45) is 0 Å². The summed E-state index contributed by atoms with van der Waals surface area (Å²) in [5.74, 6) is -1.01. The van der Waals surface area contributed by atoms with Crippen LogP contribution < -0.4 is 4.74 Å². The van der Waals surface area contributed by atoms with Crippen LogP contribution in [-0.2, 0) is 12.2 Å². The van der Waals surface area contributed by atoms with Crippen LogP contribution in [0.25, 0.3) is 11.1 Å². The molecule has 0 amide bonds. The van der Waals surface area contributed by atoms with Crippen molar-refractivity contribution in [1.29, 1.82) is 0 Å². The van der Waals surface area contributed by atoms with Crippen molar-refractivity contribution in [2.45, 2.75) is 19.1 Å². The zero-order valence-electron chi connectivity index (χ0n) is 14.6. The first-order valence-corrected chi connectivity index (χ1v) is 9.83. The molecule has 0 aliphatic carbocycles. The smallest absolute Gasteiger partial charge is 0.429 e. The molecule has 0 bridgehead atoms. The van der Waals surface area contributed by atoms with Crippen LogP contribution in [0.3, 0.4) is 0 Å². The minimum absolute atomic E-state index is 0.0113. The molecule has 5 heteroatoms. The average molecular weight is 372 g/mol. The lowest BCUT2D eigenvalue weighted by Gasteiger charge is -2.19. The summed E-state index contributed by atoms with van der Waals surface area (Å²) >= 11 is 0. The van der Waals surface area contributed by atoms with Gasteiger partial charge in [0.25, 0.3) is 0 Å². The molecule has 0 aromatic heterocycles. The Morgan fingerprint density at radius 1 is 0.885 bits per heavy atom. The summed E-state index contributed by atoms with van der Waals surface area (Å²) in [6.07, 6.45) is -3.76. The number of alkyl halides is 2. The molecule has 0 heterocycles. The summed E-state index contributed by atoms with van der Waals surface area (Å²) in [5.41, 5.74) is 2.70. The van der Waals surface area contributed by atoms with Crippen LogP contribution in [0.5, 0.6) is 5.75 Å². The molecule has 0 fully saturated rings. The fourth-order valence-corrected chi connectivity index (χ4v) is 3.14. The van der Waals surface area contributed by atoms with E-state index in [0.29, 0.717) is 5.56 Å². The largest absolute Gasteiger partial charge is 0.429 e. The number of halogens is 3. The number of hydrogen-bond donors (Lipinski definition) is 0. The van der Waals surface area contributed by atoms with Crippen LogP contribution >= 0.6 is 0 Å². The molecule has 0 N–H and O–H groups in total. The highest BCUT2D eigenvalue weighted by Crippen LogP contribution is 2.35. The SMILES string of the molecule is Cc1ccc(OC(F)(F)c2ccc(-c3ccc(C[SiH3])cc3)cc2F)cc1. The Hall–Kier alpha value is -2.53. The zero-order chi connectivity index (χ0) is 18.7. The summed E-state index contributed by atoms with van der Waals surface area (Å²) in [6.45, 7) is 1.84. The quantitative estimate of drug-likeness (QED) is 0.585. The minimum Gasteiger partial charge on any atom is -0.429 e. The minimum atomic E-state index is -3.76. The van der Waals surface area contributed by atoms with Crippen molar-refractivity contribution in [3.63, 3.8) is 0 Å². The van der Waals surface area contributed by atoms with Crippen molar-refractivity contribution in [3.05, 3.63) is 89.2 Å². The van der Waals surface area contributed by atoms with Gasteiger partial charge in [0, 0.05) is 10.2 Å². The Kier molecular flexibility index (Phi) is 5.18. The second kappa shape index (κ2) is 7.38. The Morgan fingerprint density at radius 3 is 2.08 bits per heavy atom. The Morgan fingerprint density at radius 2 is 1.50 bits per heavy atom. The van der Waals surface area contributed by atoms with Gasteiger partial charge in [-0.2, -0.15) is 8.78 Å². The highest BCUT2D eigenvalue weighted by Gasteiger charge is 2.37. The van der Waals surface area contributed by atoms with Crippen LogP contribution in [0.2, 0.25) is 0 Å². The van der Waals surface area contributed by atoms with E-state index in [9.17, 15) is 13.2 Å². The van der Waals surface area contributed by atoms with Gasteiger partial charge in [0.05, 0.1) is 5.56 Å². The van der Waals surface area contributed by atoms with E-state index in [4.69, 9.17) is 4.74 Å². The topological polar surface area (TPSA) is 9.23 Å². The average Bonchev–Trinajstić information content (AvgIpc) is 2.63. The predicted molar refractivity (Wildman–Crippen MR) is 101 cm³/mol. The molecule has 0 aliphatic rings. The zero-order valence-corrected chi connectivity index (χ0v) is 16.6. The van der Waals surface area contributed by atoms with Crippen molar-refractivity contribution in [3.8, 4) is 16.9 Å². The van der Waals surface area contributed by atoms with E-state index < -0.39 is 17.5 Å². The molecular weight excluding hydrogens is 353 g/mol. The van der Waals surface area contributed by atoms with E-state index in [1.807, 2.05) is 31.2 Å². The Bertz CT molecular complexity index is 890. The molecule has 3 aromatic rings. The third-order valence-electron chi connectivity index (χ3n) is 4.25. The molecule has 0 atom stereocenters. The molecule has 0 saturated heterocycles. The van der Waals surface area contributed by atoms with E-state index >= 15 is 0 Å². The van der Waals surface area contributed by atoms with Gasteiger partial charge in [-0.05, 0) is 48.4 Å². The van der Waals surface area contributed by atoms with Gasteiger partial charge in [0.15, 0.2) is 0 Å². The lowest BCUT2D eigenvalue weighted by Crippen LogP contribution is -2.23. The second-order valence-electron chi connectivity index (χ2n) is 6.18. The van der Waals surface area contributed by atoms with Crippen molar-refractivity contribution in [2.75, 3.05) is 0 Å². The van der Waals surface area contributed by atoms with Gasteiger partial charge in [0.1, 0.15) is 11.6 Å². The maximum absolute atomic E-state index is 14.4. The van der Waals surface area contributed by atoms with Crippen LogP contribution in [0.1, 0.15) is 16.7 Å². The molecular formula is C21H19F3OSi. The normalized spacial score (nSPS) is 11.5. The molecule has 0 spiro atoms. The summed E-state index contributed by atoms with van der Waals surface area (Å²) in [7, 11) is 1.07. The van der Waals surface area contributed by atoms with E-state index in [1.165, 1.54) is 23.8 Å². The molecule has 0 radical (unpaired) electrons. The monoisotopic (exact) mass is 372 g/mol. The molecule has 1 nitrogen and oxygen atoms in total. The van der Waals surface area contributed by atoms with Gasteiger partial charge in [-0.3, -0.25) is 0 Å². The maximum Gasteiger partial charge on any atom is 0.429 e. The summed E-state index contributed by atoms with van der Waals surface area (Å²) < 4.78 is 47.9. The summed E-state index contributed by atoms with van der Waals surface area (Å²) in [4.78, 5) is 0. The van der Waals surface area contributed by atoms with Crippen LogP contribution in [-0.4, -0.2) is 10.2 Å². The Labute approximate surface area is 153 Å². The lowest BCUT2D eigenvalue weighted by molar-refractivity contribution is -0.187. The number of benzene rings is 3. The third kappa shape index (κ3) is 3.99. The molecule has 0 saturated carbocycles. The predicted octanol–water partition coefficient (Wildman–Crippen LogP) is 4.79. The first-order chi connectivity index (χ1) is 12.4. The Balaban J connectivity index is 1.86. The van der Waals surface area contributed by atoms with Crippen LogP contribution in [0.4, 0.5) is 13.2 Å². The molecule has 0 aliphatic heterocycles. The van der Waals surface area contributed by atoms with Crippen LogP contribution in [0, 0.1) is 12.7 Å². The van der Waals surface area contributed by atoms with Gasteiger partial charge in [-0.25, -0.2) is 4.39 Å². The maximum atomic E-state index is 14.4. The fourth-order valence-electron chi connectivity index (χ4n) is 2.67. The fraction of sp³-hybridized carbons (Fsp3) is 0.143. The van der Waals surface area contributed by atoms with E-state index in [1.54, 1.807) is 12.1 Å². The van der Waals surface area contributed by atoms with Crippen LogP contribution in [0.15, 0.2) is 66.7 Å². The van der Waals surface area contributed by atoms with Gasteiger partial charge in [0.2, 0.25) is 0 Å². The molecule has 134 valence electrons. The van der Waals surface area contributed by atoms with E-state index in [0.717, 1.165) is 39.5 Å². The lowest BCUT2D eigenvalue weighted by atomic mass is 10.0. The van der Waals surface area contributed by atoms with Crippen molar-refractivity contribution in [1.82, 2.24) is 0 Å². The number of hydrogen-bond acceptors (Lipinski definition) is 1. The highest BCUT2D eigenvalue weighted by molar-refractivity contribution is 6.08. The van der Waals surface area contributed by atoms with Gasteiger partial charge in [-0.15, -0.1) is 0 Å². The van der Waals surface area contributed by atoms with Gasteiger partial charge in [-0.1, -0.05) is 53.6 Å². The molecule has 0 unspecified atom stereocenters. The second-order valence-corrected chi connectivity index (χ2v) is 6.88. The van der Waals surface area contributed by atoms with Crippen molar-refractivity contribution < 1.29 is 17.9 Å². The highest BCUT2D eigenvalue weighted by atomic mass is 28.1. The summed E-state index contributed by atoms with van der Waals surface area (Å²) in [6, 6.07) is 18.6. The first kappa shape index (κ1) is 18.3. The molecule has 3 aromatic carbocycles. The van der Waals surface area contributed by atoms with Crippen molar-refractivity contribution >= 4 is 10.2 Å².